The van der Waals surface area contributed by atoms with Gasteiger partial charge >= 0.3 is 5.97 Å². The first-order valence-electron chi connectivity index (χ1n) is 9.86. The average Bonchev–Trinajstić information content (AvgIpc) is 2.57. The van der Waals surface area contributed by atoms with Gasteiger partial charge in [-0.3, -0.25) is 0 Å². The largest absolute Gasteiger partial charge is 0.431 e. The Morgan fingerprint density at radius 1 is 0.833 bits per heavy atom. The Kier molecular flexibility index (Phi) is 17.1. The van der Waals surface area contributed by atoms with E-state index >= 15 is 0 Å². The van der Waals surface area contributed by atoms with E-state index < -0.39 is 0 Å². The predicted molar refractivity (Wildman–Crippen MR) is 105 cm³/mol. The van der Waals surface area contributed by atoms with E-state index in [9.17, 15) is 4.79 Å². The maximum Gasteiger partial charge on any atom is 0.337 e. The molecule has 0 N–H and O–H groups in total. The van der Waals surface area contributed by atoms with Crippen molar-refractivity contribution in [2.24, 2.45) is 0 Å². The summed E-state index contributed by atoms with van der Waals surface area (Å²) < 4.78 is 4.85. The van der Waals surface area contributed by atoms with Crippen LogP contribution in [0.3, 0.4) is 0 Å². The fraction of sp³-hybridized carbons (Fsp3) is 0.682. The minimum absolute atomic E-state index is 0.374. The summed E-state index contributed by atoms with van der Waals surface area (Å²) in [6.07, 6.45) is 24.9. The van der Waals surface area contributed by atoms with Gasteiger partial charge in [-0.15, -0.1) is 0 Å². The van der Waals surface area contributed by atoms with Gasteiger partial charge in [0.2, 0.25) is 0 Å². The summed E-state index contributed by atoms with van der Waals surface area (Å²) in [5.41, 5.74) is 0.417. The highest BCUT2D eigenvalue weighted by atomic mass is 16.5. The second-order valence-corrected chi connectivity index (χ2v) is 6.62. The van der Waals surface area contributed by atoms with Gasteiger partial charge in [-0.05, 0) is 25.8 Å². The smallest absolute Gasteiger partial charge is 0.337 e. The van der Waals surface area contributed by atoms with Crippen molar-refractivity contribution >= 4 is 5.97 Å². The second kappa shape index (κ2) is 18.0. The normalized spacial score (nSPS) is 11.4. The van der Waals surface area contributed by atoms with Gasteiger partial charge in [-0.1, -0.05) is 96.3 Å². The van der Waals surface area contributed by atoms with Crippen LogP contribution in [0.1, 0.15) is 97.3 Å². The van der Waals surface area contributed by atoms with Crippen LogP contribution in [0.5, 0.6) is 0 Å². The Balaban J connectivity index is 3.25. The lowest BCUT2D eigenvalue weighted by Gasteiger charge is -2.02. The number of ether oxygens (including phenoxy) is 1. The lowest BCUT2D eigenvalue weighted by atomic mass is 10.0. The fourth-order valence-corrected chi connectivity index (χ4v) is 2.53. The number of allylic oxidation sites excluding steroid dienone is 3. The van der Waals surface area contributed by atoms with Crippen molar-refractivity contribution < 1.29 is 9.53 Å². The minimum Gasteiger partial charge on any atom is -0.431 e. The summed E-state index contributed by atoms with van der Waals surface area (Å²) >= 11 is 0. The van der Waals surface area contributed by atoms with Crippen molar-refractivity contribution in [1.82, 2.24) is 0 Å². The summed E-state index contributed by atoms with van der Waals surface area (Å²) in [7, 11) is 0. The average molecular weight is 335 g/mol. The van der Waals surface area contributed by atoms with Crippen molar-refractivity contribution in [2.75, 3.05) is 0 Å². The molecular weight excluding hydrogens is 296 g/mol. The zero-order valence-electron chi connectivity index (χ0n) is 16.0. The quantitative estimate of drug-likeness (QED) is 0.0975. The lowest BCUT2D eigenvalue weighted by molar-refractivity contribution is -0.133. The van der Waals surface area contributed by atoms with Crippen LogP contribution in [0.2, 0.25) is 0 Å². The molecule has 0 unspecified atom stereocenters. The molecule has 0 radical (unpaired) electrons. The van der Waals surface area contributed by atoms with Crippen LogP contribution in [-0.4, -0.2) is 5.97 Å². The summed E-state index contributed by atoms with van der Waals surface area (Å²) in [4.78, 5) is 11.1. The number of carbonyl (C=O) groups excluding carboxylic acids is 1. The first-order valence-corrected chi connectivity index (χ1v) is 9.86. The number of hydrogen-bond acceptors (Lipinski definition) is 2. The monoisotopic (exact) mass is 334 g/mol. The number of carbonyl (C=O) groups is 1. The van der Waals surface area contributed by atoms with Crippen molar-refractivity contribution in [2.45, 2.75) is 97.3 Å². The molecule has 2 nitrogen and oxygen atoms in total. The fourth-order valence-electron chi connectivity index (χ4n) is 2.53. The molecule has 0 rings (SSSR count). The molecule has 0 aromatic heterocycles. The summed E-state index contributed by atoms with van der Waals surface area (Å²) in [6.45, 7) is 7.43. The molecule has 0 heterocycles. The molecule has 0 aromatic carbocycles. The van der Waals surface area contributed by atoms with Gasteiger partial charge < -0.3 is 4.74 Å². The van der Waals surface area contributed by atoms with Gasteiger partial charge in [0.25, 0.3) is 0 Å². The third-order valence-electron chi connectivity index (χ3n) is 4.07. The van der Waals surface area contributed by atoms with Crippen molar-refractivity contribution in [3.05, 3.63) is 36.6 Å². The van der Waals surface area contributed by atoms with Gasteiger partial charge in [0, 0.05) is 5.57 Å². The molecule has 0 bridgehead atoms. The zero-order valence-corrected chi connectivity index (χ0v) is 16.0. The van der Waals surface area contributed by atoms with Gasteiger partial charge in [-0.2, -0.15) is 0 Å². The molecule has 0 amide bonds. The molecule has 24 heavy (non-hydrogen) atoms. The SMILES string of the molecule is C=C(C)C(=O)OC=CC=CCCCCCCCCCCCCCC. The lowest BCUT2D eigenvalue weighted by Crippen LogP contribution is -1.98. The Bertz CT molecular complexity index is 366. The Hall–Kier alpha value is -1.31. The Morgan fingerprint density at radius 3 is 1.83 bits per heavy atom. The topological polar surface area (TPSA) is 26.3 Å². The second-order valence-electron chi connectivity index (χ2n) is 6.62. The molecule has 0 saturated carbocycles. The molecule has 0 fully saturated rings. The maximum atomic E-state index is 11.1. The molecular formula is C22H38O2. The third kappa shape index (κ3) is 17.1. The number of unbranched alkanes of at least 4 members (excludes halogenated alkanes) is 12. The summed E-state index contributed by atoms with van der Waals surface area (Å²) in [5, 5.41) is 0. The molecule has 138 valence electrons. The van der Waals surface area contributed by atoms with Crippen LogP contribution >= 0.6 is 0 Å². The van der Waals surface area contributed by atoms with E-state index in [1.54, 1.807) is 13.0 Å². The van der Waals surface area contributed by atoms with Crippen LogP contribution in [-0.2, 0) is 9.53 Å². The number of hydrogen-bond donors (Lipinski definition) is 0. The molecule has 0 aliphatic carbocycles. The highest BCUT2D eigenvalue weighted by Crippen LogP contribution is 2.12. The van der Waals surface area contributed by atoms with Gasteiger partial charge in [-0.25, -0.2) is 4.79 Å². The Morgan fingerprint density at radius 2 is 1.33 bits per heavy atom. The molecule has 2 heteroatoms. The number of esters is 1. The predicted octanol–water partition coefficient (Wildman–Crippen LogP) is 7.27. The van der Waals surface area contributed by atoms with Gasteiger partial charge in [0.1, 0.15) is 0 Å². The zero-order chi connectivity index (χ0) is 17.9. The van der Waals surface area contributed by atoms with E-state index in [4.69, 9.17) is 4.74 Å². The van der Waals surface area contributed by atoms with E-state index in [1.807, 2.05) is 6.08 Å². The highest BCUT2D eigenvalue weighted by molar-refractivity contribution is 5.87. The van der Waals surface area contributed by atoms with E-state index in [-0.39, 0.29) is 5.97 Å². The highest BCUT2D eigenvalue weighted by Gasteiger charge is 1.98. The molecule has 0 aromatic rings. The minimum atomic E-state index is -0.374. The Labute approximate surface area is 150 Å². The van der Waals surface area contributed by atoms with Crippen molar-refractivity contribution in [3.63, 3.8) is 0 Å². The molecule has 0 aliphatic heterocycles. The van der Waals surface area contributed by atoms with Crippen LogP contribution in [0.4, 0.5) is 0 Å². The maximum absolute atomic E-state index is 11.1. The first kappa shape index (κ1) is 22.7. The molecule has 0 aliphatic rings. The summed E-state index contributed by atoms with van der Waals surface area (Å²) in [5.74, 6) is -0.374. The first-order chi connectivity index (χ1) is 11.7. The van der Waals surface area contributed by atoms with Gasteiger partial charge in [0.05, 0.1) is 6.26 Å². The third-order valence-corrected chi connectivity index (χ3v) is 4.07. The molecule has 0 atom stereocenters. The van der Waals surface area contributed by atoms with Gasteiger partial charge in [0.15, 0.2) is 0 Å². The van der Waals surface area contributed by atoms with Crippen LogP contribution in [0.25, 0.3) is 0 Å². The van der Waals surface area contributed by atoms with Crippen LogP contribution < -0.4 is 0 Å². The summed E-state index contributed by atoms with van der Waals surface area (Å²) in [6, 6.07) is 0. The van der Waals surface area contributed by atoms with E-state index in [1.165, 1.54) is 83.3 Å². The van der Waals surface area contributed by atoms with E-state index in [0.717, 1.165) is 6.42 Å². The molecule has 0 spiro atoms. The van der Waals surface area contributed by atoms with E-state index in [2.05, 4.69) is 19.6 Å². The van der Waals surface area contributed by atoms with E-state index in [0.29, 0.717) is 5.57 Å². The molecule has 0 saturated heterocycles. The number of rotatable bonds is 16. The van der Waals surface area contributed by atoms with Crippen LogP contribution in [0.15, 0.2) is 36.6 Å². The standard InChI is InChI=1S/C22H38O2/c1-4-5-6-7-8-9-10-11-12-13-14-15-16-17-18-19-20-24-22(23)21(2)3/h17-20H,2,4-16H2,1,3H3. The van der Waals surface area contributed by atoms with Crippen molar-refractivity contribution in [3.8, 4) is 0 Å². The van der Waals surface area contributed by atoms with Crippen molar-refractivity contribution in [1.29, 1.82) is 0 Å². The van der Waals surface area contributed by atoms with Crippen LogP contribution in [0, 0.1) is 0 Å².